The number of pyridine rings is 1. The predicted molar refractivity (Wildman–Crippen MR) is 101 cm³/mol. The lowest BCUT2D eigenvalue weighted by atomic mass is 10.2. The van der Waals surface area contributed by atoms with Gasteiger partial charge in [0, 0.05) is 42.4 Å². The van der Waals surface area contributed by atoms with Crippen molar-refractivity contribution in [2.24, 2.45) is 0 Å². The van der Waals surface area contributed by atoms with E-state index in [1.807, 2.05) is 30.3 Å². The first-order valence-electron chi connectivity index (χ1n) is 8.42. The Kier molecular flexibility index (Phi) is 6.18. The molecular weight excluding hydrogens is 300 g/mol. The molecule has 2 rings (SSSR count). The van der Waals surface area contributed by atoms with E-state index < -0.39 is 0 Å². The molecule has 128 valence electrons. The minimum absolute atomic E-state index is 0.210. The van der Waals surface area contributed by atoms with Gasteiger partial charge < -0.3 is 15.5 Å². The molecule has 0 aliphatic carbocycles. The number of rotatable bonds is 7. The second kappa shape index (κ2) is 8.34. The lowest BCUT2D eigenvalue weighted by Gasteiger charge is -2.21. The highest BCUT2D eigenvalue weighted by molar-refractivity contribution is 6.03. The summed E-state index contributed by atoms with van der Waals surface area (Å²) in [5.74, 6) is -0.210. The van der Waals surface area contributed by atoms with Crippen LogP contribution in [0.25, 0.3) is 0 Å². The first kappa shape index (κ1) is 17.8. The number of carbonyl (C=O) groups is 1. The van der Waals surface area contributed by atoms with Gasteiger partial charge in [0.15, 0.2) is 0 Å². The van der Waals surface area contributed by atoms with Crippen molar-refractivity contribution in [1.29, 1.82) is 0 Å². The maximum atomic E-state index is 12.4. The van der Waals surface area contributed by atoms with Crippen LogP contribution in [-0.2, 0) is 0 Å². The minimum Gasteiger partial charge on any atom is -0.383 e. The zero-order chi connectivity index (χ0) is 17.5. The number of nitrogens with zero attached hydrogens (tertiary/aromatic N) is 2. The summed E-state index contributed by atoms with van der Waals surface area (Å²) in [7, 11) is 0. The van der Waals surface area contributed by atoms with E-state index in [1.54, 1.807) is 12.3 Å². The van der Waals surface area contributed by atoms with Gasteiger partial charge in [0.2, 0.25) is 0 Å². The van der Waals surface area contributed by atoms with E-state index in [1.165, 1.54) is 0 Å². The first-order valence-corrected chi connectivity index (χ1v) is 8.42. The molecule has 0 atom stereocenters. The standard InChI is InChI=1S/C19H26N4O/c1-5-23(6-2)17-9-7-15(8-10-17)22-19(24)18-13-16(11-12-20-18)21-14(3)4/h7-14H,5-6H2,1-4H3,(H,20,21)(H,22,24). The maximum absolute atomic E-state index is 12.4. The Balaban J connectivity index is 2.06. The molecule has 0 saturated carbocycles. The Labute approximate surface area is 144 Å². The number of amides is 1. The summed E-state index contributed by atoms with van der Waals surface area (Å²) in [5.41, 5.74) is 3.20. The molecule has 1 aromatic carbocycles. The van der Waals surface area contributed by atoms with Crippen LogP contribution in [0.2, 0.25) is 0 Å². The van der Waals surface area contributed by atoms with Crippen LogP contribution in [0, 0.1) is 0 Å². The van der Waals surface area contributed by atoms with Crippen molar-refractivity contribution in [2.45, 2.75) is 33.7 Å². The number of hydrogen-bond donors (Lipinski definition) is 2. The molecule has 24 heavy (non-hydrogen) atoms. The Morgan fingerprint density at radius 3 is 2.33 bits per heavy atom. The fourth-order valence-corrected chi connectivity index (χ4v) is 2.52. The summed E-state index contributed by atoms with van der Waals surface area (Å²) in [5, 5.41) is 6.16. The molecule has 0 saturated heterocycles. The zero-order valence-corrected chi connectivity index (χ0v) is 14.8. The zero-order valence-electron chi connectivity index (χ0n) is 14.8. The molecule has 0 aliphatic rings. The smallest absolute Gasteiger partial charge is 0.274 e. The number of benzene rings is 1. The highest BCUT2D eigenvalue weighted by Gasteiger charge is 2.09. The van der Waals surface area contributed by atoms with E-state index in [0.29, 0.717) is 11.7 Å². The normalized spacial score (nSPS) is 10.5. The summed E-state index contributed by atoms with van der Waals surface area (Å²) < 4.78 is 0. The topological polar surface area (TPSA) is 57.3 Å². The molecule has 2 aromatic rings. The number of carbonyl (C=O) groups excluding carboxylic acids is 1. The number of aromatic nitrogens is 1. The van der Waals surface area contributed by atoms with Crippen LogP contribution in [0.5, 0.6) is 0 Å². The van der Waals surface area contributed by atoms with Crippen molar-refractivity contribution in [2.75, 3.05) is 28.6 Å². The number of anilines is 3. The third kappa shape index (κ3) is 4.72. The van der Waals surface area contributed by atoms with Crippen molar-refractivity contribution >= 4 is 23.0 Å². The van der Waals surface area contributed by atoms with Crippen LogP contribution in [0.15, 0.2) is 42.6 Å². The lowest BCUT2D eigenvalue weighted by molar-refractivity contribution is 0.102. The van der Waals surface area contributed by atoms with E-state index in [-0.39, 0.29) is 5.91 Å². The molecule has 5 nitrogen and oxygen atoms in total. The summed E-state index contributed by atoms with van der Waals surface area (Å²) in [6, 6.07) is 11.8. The van der Waals surface area contributed by atoms with Crippen molar-refractivity contribution in [3.63, 3.8) is 0 Å². The average Bonchev–Trinajstić information content (AvgIpc) is 2.57. The van der Waals surface area contributed by atoms with Gasteiger partial charge in [-0.05, 0) is 64.1 Å². The van der Waals surface area contributed by atoms with Crippen molar-refractivity contribution in [1.82, 2.24) is 4.98 Å². The highest BCUT2D eigenvalue weighted by Crippen LogP contribution is 2.18. The first-order chi connectivity index (χ1) is 11.5. The highest BCUT2D eigenvalue weighted by atomic mass is 16.1. The fraction of sp³-hybridized carbons (Fsp3) is 0.368. The second-order valence-corrected chi connectivity index (χ2v) is 5.90. The van der Waals surface area contributed by atoms with Crippen molar-refractivity contribution < 1.29 is 4.79 Å². The molecule has 0 aliphatic heterocycles. The van der Waals surface area contributed by atoms with E-state index in [2.05, 4.69) is 48.2 Å². The van der Waals surface area contributed by atoms with Crippen LogP contribution < -0.4 is 15.5 Å². The quantitative estimate of drug-likeness (QED) is 0.807. The van der Waals surface area contributed by atoms with Gasteiger partial charge in [-0.25, -0.2) is 0 Å². The van der Waals surface area contributed by atoms with Crippen molar-refractivity contribution in [3.8, 4) is 0 Å². The molecule has 0 radical (unpaired) electrons. The van der Waals surface area contributed by atoms with E-state index in [4.69, 9.17) is 0 Å². The molecule has 2 N–H and O–H groups in total. The molecule has 1 heterocycles. The molecule has 1 amide bonds. The molecular formula is C19H26N4O. The Morgan fingerprint density at radius 1 is 1.08 bits per heavy atom. The van der Waals surface area contributed by atoms with Gasteiger partial charge in [0.1, 0.15) is 5.69 Å². The molecule has 0 fully saturated rings. The van der Waals surface area contributed by atoms with Crippen LogP contribution >= 0.6 is 0 Å². The lowest BCUT2D eigenvalue weighted by Crippen LogP contribution is -2.21. The largest absolute Gasteiger partial charge is 0.383 e. The molecule has 1 aromatic heterocycles. The Morgan fingerprint density at radius 2 is 1.75 bits per heavy atom. The third-order valence-corrected chi connectivity index (χ3v) is 3.70. The van der Waals surface area contributed by atoms with Crippen LogP contribution in [0.3, 0.4) is 0 Å². The van der Waals surface area contributed by atoms with Gasteiger partial charge in [-0.1, -0.05) is 0 Å². The Hall–Kier alpha value is -2.56. The average molecular weight is 326 g/mol. The van der Waals surface area contributed by atoms with Crippen molar-refractivity contribution in [3.05, 3.63) is 48.3 Å². The predicted octanol–water partition coefficient (Wildman–Crippen LogP) is 4.00. The summed E-state index contributed by atoms with van der Waals surface area (Å²) in [4.78, 5) is 18.8. The van der Waals surface area contributed by atoms with Gasteiger partial charge in [0.05, 0.1) is 0 Å². The maximum Gasteiger partial charge on any atom is 0.274 e. The minimum atomic E-state index is -0.210. The van der Waals surface area contributed by atoms with E-state index >= 15 is 0 Å². The van der Waals surface area contributed by atoms with Gasteiger partial charge in [-0.15, -0.1) is 0 Å². The second-order valence-electron chi connectivity index (χ2n) is 5.90. The van der Waals surface area contributed by atoms with Crippen LogP contribution in [0.1, 0.15) is 38.2 Å². The third-order valence-electron chi connectivity index (χ3n) is 3.70. The van der Waals surface area contributed by atoms with E-state index in [9.17, 15) is 4.79 Å². The molecule has 0 spiro atoms. The summed E-state index contributed by atoms with van der Waals surface area (Å²) in [6.45, 7) is 10.3. The van der Waals surface area contributed by atoms with E-state index in [0.717, 1.165) is 30.2 Å². The van der Waals surface area contributed by atoms with Crippen LogP contribution in [0.4, 0.5) is 17.1 Å². The summed E-state index contributed by atoms with van der Waals surface area (Å²) in [6.07, 6.45) is 1.64. The molecule has 0 bridgehead atoms. The van der Waals surface area contributed by atoms with Gasteiger partial charge in [-0.3, -0.25) is 9.78 Å². The molecule has 0 unspecified atom stereocenters. The Bertz CT molecular complexity index is 663. The molecule has 5 heteroatoms. The monoisotopic (exact) mass is 326 g/mol. The number of nitrogens with one attached hydrogen (secondary N) is 2. The SMILES string of the molecule is CCN(CC)c1ccc(NC(=O)c2cc(NC(C)C)ccn2)cc1. The summed E-state index contributed by atoms with van der Waals surface area (Å²) >= 11 is 0. The van der Waals surface area contributed by atoms with Gasteiger partial charge in [-0.2, -0.15) is 0 Å². The fourth-order valence-electron chi connectivity index (χ4n) is 2.52. The van der Waals surface area contributed by atoms with Gasteiger partial charge >= 0.3 is 0 Å². The van der Waals surface area contributed by atoms with Crippen LogP contribution in [-0.4, -0.2) is 30.0 Å². The van der Waals surface area contributed by atoms with Gasteiger partial charge in [0.25, 0.3) is 5.91 Å². The number of hydrogen-bond acceptors (Lipinski definition) is 4.